The van der Waals surface area contributed by atoms with Crippen LogP contribution in [0.25, 0.3) is 22.3 Å². The minimum absolute atomic E-state index is 0.0257. The van der Waals surface area contributed by atoms with Crippen molar-refractivity contribution < 1.29 is 4.79 Å². The molecule has 6 aromatic carbocycles. The highest BCUT2D eigenvalue weighted by atomic mass is 32.2. The summed E-state index contributed by atoms with van der Waals surface area (Å²) in [5, 5.41) is 0. The first-order chi connectivity index (χ1) is 20.5. The highest BCUT2D eigenvalue weighted by Crippen LogP contribution is 2.37. The average Bonchev–Trinajstić information content (AvgIpc) is 3.04. The summed E-state index contributed by atoms with van der Waals surface area (Å²) in [5.41, 5.74) is 8.40. The van der Waals surface area contributed by atoms with Crippen LogP contribution >= 0.6 is 23.5 Å². The Hall–Kier alpha value is -4.31. The SMILES string of the molecule is Cc1ccc(Sc2ccccc2-c2ccc(C(=O)c3ccc(-c4ccccc4Sc4ccc(C)cc4)cc3)cc2)cc1. The lowest BCUT2D eigenvalue weighted by Crippen LogP contribution is -2.01. The van der Waals surface area contributed by atoms with Gasteiger partial charge in [-0.05, 0) is 72.5 Å². The molecule has 3 heteroatoms. The van der Waals surface area contributed by atoms with Crippen molar-refractivity contribution in [1.29, 1.82) is 0 Å². The van der Waals surface area contributed by atoms with Gasteiger partial charge >= 0.3 is 0 Å². The van der Waals surface area contributed by atoms with Gasteiger partial charge in [0.05, 0.1) is 0 Å². The van der Waals surface area contributed by atoms with E-state index >= 15 is 0 Å². The van der Waals surface area contributed by atoms with Crippen molar-refractivity contribution in [3.8, 4) is 22.3 Å². The lowest BCUT2D eigenvalue weighted by atomic mass is 9.97. The number of hydrogen-bond donors (Lipinski definition) is 0. The molecule has 6 rings (SSSR count). The second-order valence-corrected chi connectivity index (χ2v) is 12.5. The number of ketones is 1. The zero-order valence-corrected chi connectivity index (χ0v) is 25.2. The quantitative estimate of drug-likeness (QED) is 0.167. The Kier molecular flexibility index (Phi) is 8.41. The molecule has 0 saturated heterocycles. The Morgan fingerprint density at radius 1 is 0.429 bits per heavy atom. The first-order valence-corrected chi connectivity index (χ1v) is 15.6. The molecule has 0 aliphatic heterocycles. The highest BCUT2D eigenvalue weighted by Gasteiger charge is 2.13. The summed E-state index contributed by atoms with van der Waals surface area (Å²) < 4.78 is 0. The third kappa shape index (κ3) is 6.44. The molecule has 0 spiro atoms. The van der Waals surface area contributed by atoms with Gasteiger partial charge in [-0.25, -0.2) is 0 Å². The second-order valence-electron chi connectivity index (χ2n) is 10.3. The molecule has 0 aliphatic carbocycles. The summed E-state index contributed by atoms with van der Waals surface area (Å²) in [6.07, 6.45) is 0. The maximum Gasteiger partial charge on any atom is 0.193 e. The van der Waals surface area contributed by atoms with E-state index in [1.807, 2.05) is 24.3 Å². The van der Waals surface area contributed by atoms with E-state index in [2.05, 4.69) is 135 Å². The Balaban J connectivity index is 1.19. The Morgan fingerprint density at radius 2 is 0.786 bits per heavy atom. The van der Waals surface area contributed by atoms with E-state index in [0.717, 1.165) is 22.3 Å². The lowest BCUT2D eigenvalue weighted by Gasteiger charge is -2.11. The van der Waals surface area contributed by atoms with Gasteiger partial charge in [-0.2, -0.15) is 0 Å². The molecule has 0 amide bonds. The summed E-state index contributed by atoms with van der Waals surface area (Å²) in [5.74, 6) is 0.0257. The van der Waals surface area contributed by atoms with Gasteiger partial charge in [0, 0.05) is 30.7 Å². The van der Waals surface area contributed by atoms with Crippen LogP contribution in [0.3, 0.4) is 0 Å². The predicted molar refractivity (Wildman–Crippen MR) is 178 cm³/mol. The normalized spacial score (nSPS) is 10.9. The van der Waals surface area contributed by atoms with Crippen LogP contribution in [0.5, 0.6) is 0 Å². The summed E-state index contributed by atoms with van der Waals surface area (Å²) >= 11 is 3.52. The van der Waals surface area contributed by atoms with Crippen LogP contribution in [0.4, 0.5) is 0 Å². The van der Waals surface area contributed by atoms with Crippen LogP contribution in [0.1, 0.15) is 27.0 Å². The number of carbonyl (C=O) groups is 1. The van der Waals surface area contributed by atoms with Gasteiger partial charge in [0.15, 0.2) is 5.78 Å². The molecule has 0 atom stereocenters. The van der Waals surface area contributed by atoms with Gasteiger partial charge < -0.3 is 0 Å². The van der Waals surface area contributed by atoms with Gasteiger partial charge in [0.2, 0.25) is 0 Å². The van der Waals surface area contributed by atoms with E-state index in [4.69, 9.17) is 0 Å². The minimum Gasteiger partial charge on any atom is -0.289 e. The number of hydrogen-bond acceptors (Lipinski definition) is 3. The third-order valence-corrected chi connectivity index (χ3v) is 9.36. The Labute approximate surface area is 256 Å². The fourth-order valence-corrected chi connectivity index (χ4v) is 6.76. The van der Waals surface area contributed by atoms with Crippen molar-refractivity contribution in [1.82, 2.24) is 0 Å². The van der Waals surface area contributed by atoms with Gasteiger partial charge in [-0.1, -0.05) is 144 Å². The van der Waals surface area contributed by atoms with Crippen molar-refractivity contribution in [2.45, 2.75) is 33.4 Å². The van der Waals surface area contributed by atoms with Crippen molar-refractivity contribution >= 4 is 29.3 Å². The molecule has 0 aliphatic rings. The van der Waals surface area contributed by atoms with Crippen molar-refractivity contribution in [3.05, 3.63) is 168 Å². The summed E-state index contributed by atoms with van der Waals surface area (Å²) in [4.78, 5) is 18.2. The van der Waals surface area contributed by atoms with E-state index in [9.17, 15) is 4.79 Å². The molecule has 1 nitrogen and oxygen atoms in total. The number of benzene rings is 6. The fourth-order valence-electron chi connectivity index (χ4n) is 4.82. The van der Waals surface area contributed by atoms with E-state index in [1.54, 1.807) is 23.5 Å². The van der Waals surface area contributed by atoms with Gasteiger partial charge in [0.25, 0.3) is 0 Å². The summed E-state index contributed by atoms with van der Waals surface area (Å²) in [6.45, 7) is 4.21. The van der Waals surface area contributed by atoms with Crippen LogP contribution < -0.4 is 0 Å². The molecule has 0 unspecified atom stereocenters. The van der Waals surface area contributed by atoms with Crippen molar-refractivity contribution in [3.63, 3.8) is 0 Å². The van der Waals surface area contributed by atoms with Crippen LogP contribution in [-0.4, -0.2) is 5.78 Å². The largest absolute Gasteiger partial charge is 0.289 e. The summed E-state index contributed by atoms with van der Waals surface area (Å²) in [6, 6.07) is 50.0. The molecule has 6 aromatic rings. The zero-order valence-electron chi connectivity index (χ0n) is 23.6. The zero-order chi connectivity index (χ0) is 28.9. The Bertz CT molecular complexity index is 1680. The molecular weight excluding hydrogens is 549 g/mol. The monoisotopic (exact) mass is 578 g/mol. The molecule has 0 aromatic heterocycles. The molecule has 0 heterocycles. The molecule has 0 radical (unpaired) electrons. The van der Waals surface area contributed by atoms with E-state index in [0.29, 0.717) is 11.1 Å². The van der Waals surface area contributed by atoms with Gasteiger partial charge in [-0.15, -0.1) is 0 Å². The topological polar surface area (TPSA) is 17.1 Å². The lowest BCUT2D eigenvalue weighted by molar-refractivity contribution is 0.103. The predicted octanol–water partition coefficient (Wildman–Crippen LogP) is 11.2. The van der Waals surface area contributed by atoms with Gasteiger partial charge in [0.1, 0.15) is 0 Å². The number of aryl methyl sites for hydroxylation is 2. The fraction of sp³-hybridized carbons (Fsp3) is 0.0513. The maximum atomic E-state index is 13.4. The first kappa shape index (κ1) is 27.8. The van der Waals surface area contributed by atoms with E-state index < -0.39 is 0 Å². The van der Waals surface area contributed by atoms with Gasteiger partial charge in [-0.3, -0.25) is 4.79 Å². The average molecular weight is 579 g/mol. The van der Waals surface area contributed by atoms with Crippen LogP contribution in [0.15, 0.2) is 165 Å². The van der Waals surface area contributed by atoms with Crippen LogP contribution in [0, 0.1) is 13.8 Å². The molecule has 0 saturated carbocycles. The maximum absolute atomic E-state index is 13.4. The van der Waals surface area contributed by atoms with Crippen LogP contribution in [0.2, 0.25) is 0 Å². The Morgan fingerprint density at radius 3 is 1.17 bits per heavy atom. The third-order valence-electron chi connectivity index (χ3n) is 7.19. The molecular formula is C39H30OS2. The van der Waals surface area contributed by atoms with Crippen LogP contribution in [-0.2, 0) is 0 Å². The van der Waals surface area contributed by atoms with Crippen molar-refractivity contribution in [2.75, 3.05) is 0 Å². The smallest absolute Gasteiger partial charge is 0.193 e. The molecule has 0 N–H and O–H groups in total. The van der Waals surface area contributed by atoms with E-state index in [-0.39, 0.29) is 5.78 Å². The van der Waals surface area contributed by atoms with Crippen molar-refractivity contribution in [2.24, 2.45) is 0 Å². The standard InChI is InChI=1S/C39H30OS2/c1-27-11-23-33(24-12-27)41-37-9-5-3-7-35(37)29-15-19-31(20-16-29)39(40)32-21-17-30(18-22-32)36-8-4-6-10-38(36)42-34-25-13-28(2)14-26-34/h3-26H,1-2H3. The second kappa shape index (κ2) is 12.7. The molecule has 204 valence electrons. The number of rotatable bonds is 8. The molecule has 0 bridgehead atoms. The first-order valence-electron chi connectivity index (χ1n) is 14.0. The summed E-state index contributed by atoms with van der Waals surface area (Å²) in [7, 11) is 0. The minimum atomic E-state index is 0.0257. The number of carbonyl (C=O) groups excluding carboxylic acids is 1. The van der Waals surface area contributed by atoms with E-state index in [1.165, 1.54) is 30.7 Å². The molecule has 0 fully saturated rings. The molecule has 42 heavy (non-hydrogen) atoms. The highest BCUT2D eigenvalue weighted by molar-refractivity contribution is 7.99.